The van der Waals surface area contributed by atoms with Crippen LogP contribution in [0.1, 0.15) is 18.4 Å². The van der Waals surface area contributed by atoms with Crippen molar-refractivity contribution in [1.29, 1.82) is 0 Å². The average Bonchev–Trinajstić information content (AvgIpc) is 2.89. The Kier molecular flexibility index (Phi) is 4.44. The second-order valence-corrected chi connectivity index (χ2v) is 6.38. The highest BCUT2D eigenvalue weighted by Crippen LogP contribution is 2.24. The molecule has 19 heavy (non-hydrogen) atoms. The SMILES string of the molecule is COc1ccc(C)cc1S(=O)(=O)NC[C@H]1CCCO1. The zero-order valence-corrected chi connectivity index (χ0v) is 12.0. The quantitative estimate of drug-likeness (QED) is 0.889. The van der Waals surface area contributed by atoms with Gasteiger partial charge in [-0.2, -0.15) is 0 Å². The number of methoxy groups -OCH3 is 1. The summed E-state index contributed by atoms with van der Waals surface area (Å²) in [5.41, 5.74) is 0.873. The summed E-state index contributed by atoms with van der Waals surface area (Å²) in [6, 6.07) is 5.09. The van der Waals surface area contributed by atoms with E-state index in [1.54, 1.807) is 12.1 Å². The summed E-state index contributed by atoms with van der Waals surface area (Å²) in [5, 5.41) is 0. The third kappa shape index (κ3) is 3.46. The Morgan fingerprint density at radius 2 is 2.26 bits per heavy atom. The number of ether oxygens (including phenoxy) is 2. The van der Waals surface area contributed by atoms with E-state index in [0.29, 0.717) is 18.9 Å². The van der Waals surface area contributed by atoms with Crippen LogP contribution in [0, 0.1) is 6.92 Å². The van der Waals surface area contributed by atoms with Crippen molar-refractivity contribution in [2.75, 3.05) is 20.3 Å². The fourth-order valence-corrected chi connectivity index (χ4v) is 3.40. The number of sulfonamides is 1. The van der Waals surface area contributed by atoms with E-state index < -0.39 is 10.0 Å². The molecule has 1 aliphatic rings. The van der Waals surface area contributed by atoms with E-state index in [0.717, 1.165) is 18.4 Å². The number of rotatable bonds is 5. The zero-order valence-electron chi connectivity index (χ0n) is 11.2. The average molecular weight is 285 g/mol. The minimum atomic E-state index is -3.57. The topological polar surface area (TPSA) is 64.6 Å². The third-order valence-electron chi connectivity index (χ3n) is 3.13. The van der Waals surface area contributed by atoms with Gasteiger partial charge in [0.2, 0.25) is 10.0 Å². The van der Waals surface area contributed by atoms with Crippen LogP contribution in [0.15, 0.2) is 23.1 Å². The summed E-state index contributed by atoms with van der Waals surface area (Å²) in [7, 11) is -2.11. The van der Waals surface area contributed by atoms with Crippen molar-refractivity contribution >= 4 is 10.0 Å². The van der Waals surface area contributed by atoms with E-state index in [1.807, 2.05) is 13.0 Å². The third-order valence-corrected chi connectivity index (χ3v) is 4.58. The van der Waals surface area contributed by atoms with E-state index in [9.17, 15) is 8.42 Å². The van der Waals surface area contributed by atoms with Crippen molar-refractivity contribution in [3.63, 3.8) is 0 Å². The standard InChI is InChI=1S/C13H19NO4S/c1-10-5-6-12(17-2)13(8-10)19(15,16)14-9-11-4-3-7-18-11/h5-6,8,11,14H,3-4,7,9H2,1-2H3/t11-/m1/s1. The van der Waals surface area contributed by atoms with Gasteiger partial charge in [-0.3, -0.25) is 0 Å². The molecule has 1 aliphatic heterocycles. The summed E-state index contributed by atoms with van der Waals surface area (Å²) >= 11 is 0. The van der Waals surface area contributed by atoms with Gasteiger partial charge in [0.15, 0.2) is 0 Å². The van der Waals surface area contributed by atoms with Crippen molar-refractivity contribution < 1.29 is 17.9 Å². The van der Waals surface area contributed by atoms with Crippen LogP contribution in [0.5, 0.6) is 5.75 Å². The molecule has 1 heterocycles. The lowest BCUT2D eigenvalue weighted by Gasteiger charge is -2.14. The fraction of sp³-hybridized carbons (Fsp3) is 0.538. The summed E-state index contributed by atoms with van der Waals surface area (Å²) in [5.74, 6) is 0.352. The first-order valence-electron chi connectivity index (χ1n) is 6.29. The molecule has 106 valence electrons. The first-order valence-corrected chi connectivity index (χ1v) is 7.77. The molecule has 0 saturated carbocycles. The molecule has 1 fully saturated rings. The predicted molar refractivity (Wildman–Crippen MR) is 71.9 cm³/mol. The predicted octanol–water partition coefficient (Wildman–Crippen LogP) is 1.46. The van der Waals surface area contributed by atoms with Gasteiger partial charge >= 0.3 is 0 Å². The van der Waals surface area contributed by atoms with Crippen LogP contribution in [0.2, 0.25) is 0 Å². The highest BCUT2D eigenvalue weighted by molar-refractivity contribution is 7.89. The van der Waals surface area contributed by atoms with Crippen LogP contribution in [-0.4, -0.2) is 34.8 Å². The monoisotopic (exact) mass is 285 g/mol. The fourth-order valence-electron chi connectivity index (χ4n) is 2.08. The number of benzene rings is 1. The summed E-state index contributed by atoms with van der Waals surface area (Å²) in [6.07, 6.45) is 1.86. The summed E-state index contributed by atoms with van der Waals surface area (Å²) < 4.78 is 37.6. The maximum absolute atomic E-state index is 12.3. The molecular weight excluding hydrogens is 266 g/mol. The molecule has 2 rings (SSSR count). The van der Waals surface area contributed by atoms with Crippen molar-refractivity contribution in [2.45, 2.75) is 30.8 Å². The van der Waals surface area contributed by atoms with E-state index in [1.165, 1.54) is 7.11 Å². The van der Waals surface area contributed by atoms with E-state index in [-0.39, 0.29) is 11.0 Å². The van der Waals surface area contributed by atoms with Gasteiger partial charge in [-0.15, -0.1) is 0 Å². The molecule has 0 amide bonds. The number of hydrogen-bond donors (Lipinski definition) is 1. The number of aryl methyl sites for hydroxylation is 1. The molecule has 1 N–H and O–H groups in total. The van der Waals surface area contributed by atoms with Gasteiger partial charge in [-0.25, -0.2) is 13.1 Å². The number of nitrogens with one attached hydrogen (secondary N) is 1. The second-order valence-electron chi connectivity index (χ2n) is 4.64. The Balaban J connectivity index is 2.16. The summed E-state index contributed by atoms with van der Waals surface area (Å²) in [4.78, 5) is 0.174. The molecular formula is C13H19NO4S. The minimum Gasteiger partial charge on any atom is -0.495 e. The van der Waals surface area contributed by atoms with Gasteiger partial charge in [0.05, 0.1) is 13.2 Å². The summed E-state index contributed by atoms with van der Waals surface area (Å²) in [6.45, 7) is 2.86. The Morgan fingerprint density at radius 3 is 2.89 bits per heavy atom. The lowest BCUT2D eigenvalue weighted by molar-refractivity contribution is 0.114. The van der Waals surface area contributed by atoms with Crippen LogP contribution < -0.4 is 9.46 Å². The highest BCUT2D eigenvalue weighted by Gasteiger charge is 2.23. The van der Waals surface area contributed by atoms with Gasteiger partial charge < -0.3 is 9.47 Å². The molecule has 6 heteroatoms. The van der Waals surface area contributed by atoms with Gasteiger partial charge in [0.1, 0.15) is 10.6 Å². The maximum atomic E-state index is 12.3. The van der Waals surface area contributed by atoms with Crippen LogP contribution in [0.3, 0.4) is 0 Å². The first-order chi connectivity index (χ1) is 9.03. The van der Waals surface area contributed by atoms with Gasteiger partial charge in [0, 0.05) is 13.2 Å². The molecule has 0 spiro atoms. The molecule has 0 aliphatic carbocycles. The molecule has 1 saturated heterocycles. The Hall–Kier alpha value is -1.11. The van der Waals surface area contributed by atoms with Crippen LogP contribution in [0.25, 0.3) is 0 Å². The second kappa shape index (κ2) is 5.90. The van der Waals surface area contributed by atoms with Crippen LogP contribution in [0.4, 0.5) is 0 Å². The van der Waals surface area contributed by atoms with E-state index in [4.69, 9.17) is 9.47 Å². The van der Waals surface area contributed by atoms with Crippen molar-refractivity contribution in [3.8, 4) is 5.75 Å². The van der Waals surface area contributed by atoms with Crippen LogP contribution >= 0.6 is 0 Å². The molecule has 0 unspecified atom stereocenters. The Bertz CT molecular complexity index is 536. The smallest absolute Gasteiger partial charge is 0.244 e. The van der Waals surface area contributed by atoms with Crippen molar-refractivity contribution in [1.82, 2.24) is 4.72 Å². The molecule has 0 aromatic heterocycles. The Labute approximate surface area is 114 Å². The number of hydrogen-bond acceptors (Lipinski definition) is 4. The largest absolute Gasteiger partial charge is 0.495 e. The zero-order chi connectivity index (χ0) is 13.9. The minimum absolute atomic E-state index is 0.0226. The highest BCUT2D eigenvalue weighted by atomic mass is 32.2. The molecule has 5 nitrogen and oxygen atoms in total. The van der Waals surface area contributed by atoms with Crippen molar-refractivity contribution in [2.24, 2.45) is 0 Å². The Morgan fingerprint density at radius 1 is 1.47 bits per heavy atom. The lowest BCUT2D eigenvalue weighted by Crippen LogP contribution is -2.32. The molecule has 1 atom stereocenters. The molecule has 1 aromatic carbocycles. The molecule has 0 radical (unpaired) electrons. The van der Waals surface area contributed by atoms with E-state index in [2.05, 4.69) is 4.72 Å². The normalized spacial score (nSPS) is 19.6. The van der Waals surface area contributed by atoms with Crippen LogP contribution in [-0.2, 0) is 14.8 Å². The van der Waals surface area contributed by atoms with E-state index >= 15 is 0 Å². The first kappa shape index (κ1) is 14.3. The van der Waals surface area contributed by atoms with Gasteiger partial charge in [0.25, 0.3) is 0 Å². The lowest BCUT2D eigenvalue weighted by atomic mass is 10.2. The maximum Gasteiger partial charge on any atom is 0.244 e. The van der Waals surface area contributed by atoms with Gasteiger partial charge in [-0.05, 0) is 37.5 Å². The molecule has 0 bridgehead atoms. The van der Waals surface area contributed by atoms with Gasteiger partial charge in [-0.1, -0.05) is 6.07 Å². The van der Waals surface area contributed by atoms with Crippen molar-refractivity contribution in [3.05, 3.63) is 23.8 Å². The molecule has 1 aromatic rings.